The van der Waals surface area contributed by atoms with Crippen molar-refractivity contribution in [3.8, 4) is 0 Å². The smallest absolute Gasteiger partial charge is 0.159 e. The third kappa shape index (κ3) is 21.8. The van der Waals surface area contributed by atoms with Crippen LogP contribution in [0.25, 0.3) is 0 Å². The van der Waals surface area contributed by atoms with Crippen LogP contribution in [0, 0.1) is 0 Å². The van der Waals surface area contributed by atoms with Gasteiger partial charge in [-0.3, -0.25) is 0 Å². The average molecular weight is 371 g/mol. The molecule has 0 heterocycles. The van der Waals surface area contributed by atoms with Crippen LogP contribution in [0.1, 0.15) is 136 Å². The molecule has 0 N–H and O–H groups in total. The highest BCUT2D eigenvalue weighted by Gasteiger charge is 1.99. The van der Waals surface area contributed by atoms with Crippen LogP contribution in [-0.2, 0) is 4.74 Å². The molecule has 0 aliphatic carbocycles. The van der Waals surface area contributed by atoms with Crippen LogP contribution < -0.4 is 0 Å². The van der Waals surface area contributed by atoms with Crippen molar-refractivity contribution in [1.82, 2.24) is 0 Å². The van der Waals surface area contributed by atoms with Crippen molar-refractivity contribution in [1.29, 1.82) is 0 Å². The van der Waals surface area contributed by atoms with Gasteiger partial charge in [0.05, 0.1) is 6.61 Å². The van der Waals surface area contributed by atoms with E-state index >= 15 is 0 Å². The lowest BCUT2D eigenvalue weighted by Gasteiger charge is -2.07. The lowest BCUT2D eigenvalue weighted by atomic mass is 10.1. The van der Waals surface area contributed by atoms with Gasteiger partial charge in [0.15, 0.2) is 5.05 Å². The van der Waals surface area contributed by atoms with Crippen molar-refractivity contribution in [2.75, 3.05) is 6.61 Å². The van der Waals surface area contributed by atoms with Crippen LogP contribution in [0.5, 0.6) is 0 Å². The fourth-order valence-electron chi connectivity index (χ4n) is 3.25. The van der Waals surface area contributed by atoms with E-state index in [4.69, 9.17) is 17.0 Å². The Morgan fingerprint density at radius 3 is 1.32 bits per heavy atom. The first-order valence-corrected chi connectivity index (χ1v) is 11.9. The molecule has 0 aromatic heterocycles. The fourth-order valence-corrected chi connectivity index (χ4v) is 3.48. The normalized spacial score (nSPS) is 11.0. The number of hydrogen-bond donors (Lipinski definition) is 0. The number of ether oxygens (including phenoxy) is 1. The summed E-state index contributed by atoms with van der Waals surface area (Å²) in [5.74, 6) is 0. The van der Waals surface area contributed by atoms with Gasteiger partial charge in [-0.25, -0.2) is 0 Å². The molecule has 0 amide bonds. The molecule has 0 aromatic carbocycles. The average Bonchev–Trinajstić information content (AvgIpc) is 2.62. The Bertz CT molecular complexity index is 265. The van der Waals surface area contributed by atoms with E-state index in [-0.39, 0.29) is 0 Å². The number of rotatable bonds is 20. The van der Waals surface area contributed by atoms with Gasteiger partial charge < -0.3 is 4.74 Å². The summed E-state index contributed by atoms with van der Waals surface area (Å²) in [4.78, 5) is 0. The molecule has 0 fully saturated rings. The second-order valence-corrected chi connectivity index (χ2v) is 8.08. The zero-order valence-electron chi connectivity index (χ0n) is 17.5. The number of hydrogen-bond acceptors (Lipinski definition) is 2. The van der Waals surface area contributed by atoms with Crippen LogP contribution in [0.4, 0.5) is 0 Å². The Hall–Kier alpha value is -0.110. The first-order valence-electron chi connectivity index (χ1n) is 11.5. The first-order chi connectivity index (χ1) is 12.3. The van der Waals surface area contributed by atoms with E-state index in [2.05, 4.69) is 13.8 Å². The predicted octanol–water partition coefficient (Wildman–Crippen LogP) is 8.78. The molecule has 0 aromatic rings. The molecule has 150 valence electrons. The Morgan fingerprint density at radius 1 is 0.520 bits per heavy atom. The van der Waals surface area contributed by atoms with E-state index in [0.29, 0.717) is 0 Å². The Labute approximate surface area is 164 Å². The molecule has 0 unspecified atom stereocenters. The largest absolute Gasteiger partial charge is 0.487 e. The molecule has 0 rings (SSSR count). The molecular weight excluding hydrogens is 324 g/mol. The molecule has 2 heteroatoms. The third-order valence-electron chi connectivity index (χ3n) is 5.00. The summed E-state index contributed by atoms with van der Waals surface area (Å²) in [6, 6.07) is 0. The molecular formula is C23H46OS. The lowest BCUT2D eigenvalue weighted by Crippen LogP contribution is -2.03. The monoisotopic (exact) mass is 370 g/mol. The maximum Gasteiger partial charge on any atom is 0.159 e. The van der Waals surface area contributed by atoms with E-state index in [9.17, 15) is 0 Å². The second kappa shape index (κ2) is 21.9. The quantitative estimate of drug-likeness (QED) is 0.156. The maximum atomic E-state index is 5.71. The van der Waals surface area contributed by atoms with Crippen molar-refractivity contribution in [3.05, 3.63) is 0 Å². The van der Waals surface area contributed by atoms with E-state index in [1.807, 2.05) is 0 Å². The van der Waals surface area contributed by atoms with Gasteiger partial charge in [-0.2, -0.15) is 0 Å². The van der Waals surface area contributed by atoms with E-state index in [1.54, 1.807) is 0 Å². The van der Waals surface area contributed by atoms with Crippen LogP contribution in [0.3, 0.4) is 0 Å². The van der Waals surface area contributed by atoms with Gasteiger partial charge in [0.2, 0.25) is 0 Å². The molecule has 0 aliphatic heterocycles. The van der Waals surface area contributed by atoms with Crippen molar-refractivity contribution in [3.63, 3.8) is 0 Å². The minimum absolute atomic E-state index is 0.839. The molecule has 0 saturated heterocycles. The summed E-state index contributed by atoms with van der Waals surface area (Å²) in [5.41, 5.74) is 0. The summed E-state index contributed by atoms with van der Waals surface area (Å²) in [5, 5.41) is 0.850. The van der Waals surface area contributed by atoms with Gasteiger partial charge in [-0.1, -0.05) is 117 Å². The van der Waals surface area contributed by atoms with Crippen LogP contribution in [0.2, 0.25) is 0 Å². The van der Waals surface area contributed by atoms with E-state index < -0.39 is 0 Å². The van der Waals surface area contributed by atoms with Gasteiger partial charge in [-0.15, -0.1) is 0 Å². The molecule has 25 heavy (non-hydrogen) atoms. The number of thiocarbonyl (C=S) groups is 1. The third-order valence-corrected chi connectivity index (χ3v) is 5.32. The highest BCUT2D eigenvalue weighted by molar-refractivity contribution is 7.80. The van der Waals surface area contributed by atoms with Gasteiger partial charge in [0.25, 0.3) is 0 Å². The van der Waals surface area contributed by atoms with Gasteiger partial charge >= 0.3 is 0 Å². The van der Waals surface area contributed by atoms with Crippen LogP contribution in [0.15, 0.2) is 0 Å². The SMILES string of the molecule is CCCCCCCCCCCOC(=S)CCCCCCCCCCC. The molecule has 0 spiro atoms. The summed E-state index contributed by atoms with van der Waals surface area (Å²) >= 11 is 5.34. The van der Waals surface area contributed by atoms with Crippen LogP contribution in [-0.4, -0.2) is 11.7 Å². The minimum atomic E-state index is 0.839. The molecule has 1 nitrogen and oxygen atoms in total. The zero-order chi connectivity index (χ0) is 18.4. The minimum Gasteiger partial charge on any atom is -0.487 e. The predicted molar refractivity (Wildman–Crippen MR) is 118 cm³/mol. The van der Waals surface area contributed by atoms with Crippen LogP contribution >= 0.6 is 12.2 Å². The highest BCUT2D eigenvalue weighted by atomic mass is 32.1. The maximum absolute atomic E-state index is 5.71. The van der Waals surface area contributed by atoms with Gasteiger partial charge in [0, 0.05) is 6.42 Å². The molecule has 0 saturated carbocycles. The zero-order valence-corrected chi connectivity index (χ0v) is 18.3. The Kier molecular flexibility index (Phi) is 21.8. The van der Waals surface area contributed by atoms with Crippen molar-refractivity contribution >= 4 is 17.3 Å². The standard InChI is InChI=1S/C23H46OS/c1-3-5-7-9-11-13-15-17-19-21-23(25)24-22-20-18-16-14-12-10-8-6-4-2/h3-22H2,1-2H3. The molecule has 0 aliphatic rings. The second-order valence-electron chi connectivity index (χ2n) is 7.63. The molecule has 0 atom stereocenters. The summed E-state index contributed by atoms with van der Waals surface area (Å²) in [6.45, 7) is 5.40. The summed E-state index contributed by atoms with van der Waals surface area (Å²) in [7, 11) is 0. The summed E-state index contributed by atoms with van der Waals surface area (Å²) in [6.07, 6.45) is 25.5. The topological polar surface area (TPSA) is 9.23 Å². The van der Waals surface area contributed by atoms with E-state index in [1.165, 1.54) is 116 Å². The highest BCUT2D eigenvalue weighted by Crippen LogP contribution is 2.12. The van der Waals surface area contributed by atoms with Gasteiger partial charge in [0.1, 0.15) is 0 Å². The van der Waals surface area contributed by atoms with E-state index in [0.717, 1.165) is 18.1 Å². The van der Waals surface area contributed by atoms with Gasteiger partial charge in [-0.05, 0) is 25.1 Å². The molecule has 0 bridgehead atoms. The lowest BCUT2D eigenvalue weighted by molar-refractivity contribution is 0.290. The first kappa shape index (κ1) is 24.9. The Balaban J connectivity index is 3.13. The fraction of sp³-hybridized carbons (Fsp3) is 0.957. The van der Waals surface area contributed by atoms with Crippen molar-refractivity contribution in [2.45, 2.75) is 136 Å². The Morgan fingerprint density at radius 2 is 0.880 bits per heavy atom. The molecule has 0 radical (unpaired) electrons. The van der Waals surface area contributed by atoms with Crippen molar-refractivity contribution < 1.29 is 4.74 Å². The number of unbranched alkanes of at least 4 members (excludes halogenated alkanes) is 16. The summed E-state index contributed by atoms with van der Waals surface area (Å²) < 4.78 is 5.71. The van der Waals surface area contributed by atoms with Crippen molar-refractivity contribution in [2.24, 2.45) is 0 Å².